The molecule has 0 spiro atoms. The SMILES string of the molecule is C[C@@H](C1CC[C@H]2[C@@H]3CCC4=CC(=O)CC[C@]4(C)[C@H]3CC[C@]12C)[C@@H](O)C1CC=CCC1. The van der Waals surface area contributed by atoms with Crippen molar-refractivity contribution >= 4 is 5.78 Å². The Hall–Kier alpha value is -0.890. The zero-order valence-corrected chi connectivity index (χ0v) is 19.4. The number of aliphatic hydroxyl groups is 1. The number of hydrogen-bond donors (Lipinski definition) is 1. The number of fused-ring (bicyclic) bond motifs is 5. The van der Waals surface area contributed by atoms with E-state index in [9.17, 15) is 9.90 Å². The monoisotopic (exact) mass is 410 g/mol. The molecule has 5 aliphatic carbocycles. The summed E-state index contributed by atoms with van der Waals surface area (Å²) < 4.78 is 0. The molecule has 3 fully saturated rings. The van der Waals surface area contributed by atoms with Gasteiger partial charge in [-0.1, -0.05) is 38.5 Å². The van der Waals surface area contributed by atoms with Crippen LogP contribution in [0.2, 0.25) is 0 Å². The molecular formula is C28H42O2. The molecule has 0 saturated heterocycles. The summed E-state index contributed by atoms with van der Waals surface area (Å²) in [6.07, 6.45) is 19.4. The molecule has 3 saturated carbocycles. The summed E-state index contributed by atoms with van der Waals surface area (Å²) in [5, 5.41) is 11.3. The first-order valence-corrected chi connectivity index (χ1v) is 12.9. The van der Waals surface area contributed by atoms with Crippen LogP contribution < -0.4 is 0 Å². The van der Waals surface area contributed by atoms with E-state index < -0.39 is 0 Å². The molecule has 0 aliphatic heterocycles. The number of carbonyl (C=O) groups excluding carboxylic acids is 1. The molecule has 9 atom stereocenters. The van der Waals surface area contributed by atoms with Crippen molar-refractivity contribution in [2.24, 2.45) is 46.3 Å². The maximum atomic E-state index is 12.1. The summed E-state index contributed by atoms with van der Waals surface area (Å²) in [7, 11) is 0. The molecule has 0 aromatic rings. The summed E-state index contributed by atoms with van der Waals surface area (Å²) in [5.74, 6) is 4.32. The lowest BCUT2D eigenvalue weighted by Gasteiger charge is -2.58. The summed E-state index contributed by atoms with van der Waals surface area (Å²) in [6, 6.07) is 0. The van der Waals surface area contributed by atoms with E-state index >= 15 is 0 Å². The van der Waals surface area contributed by atoms with Crippen LogP contribution in [0.3, 0.4) is 0 Å². The largest absolute Gasteiger partial charge is 0.393 e. The van der Waals surface area contributed by atoms with Crippen molar-refractivity contribution in [2.45, 2.75) is 97.5 Å². The zero-order valence-electron chi connectivity index (χ0n) is 19.4. The highest BCUT2D eigenvalue weighted by molar-refractivity contribution is 5.91. The Morgan fingerprint density at radius 2 is 1.83 bits per heavy atom. The molecular weight excluding hydrogens is 368 g/mol. The number of ketones is 1. The van der Waals surface area contributed by atoms with Crippen LogP contribution in [0, 0.1) is 46.3 Å². The number of hydrogen-bond acceptors (Lipinski definition) is 2. The van der Waals surface area contributed by atoms with E-state index in [2.05, 4.69) is 32.9 Å². The summed E-state index contributed by atoms with van der Waals surface area (Å²) >= 11 is 0. The predicted molar refractivity (Wildman–Crippen MR) is 122 cm³/mol. The molecule has 30 heavy (non-hydrogen) atoms. The first-order chi connectivity index (χ1) is 14.3. The number of allylic oxidation sites excluding steroid dienone is 3. The molecule has 0 radical (unpaired) electrons. The second-order valence-electron chi connectivity index (χ2n) is 12.1. The maximum Gasteiger partial charge on any atom is 0.155 e. The van der Waals surface area contributed by atoms with Crippen LogP contribution in [-0.4, -0.2) is 17.0 Å². The smallest absolute Gasteiger partial charge is 0.155 e. The van der Waals surface area contributed by atoms with Crippen molar-refractivity contribution in [3.63, 3.8) is 0 Å². The zero-order chi connectivity index (χ0) is 21.1. The van der Waals surface area contributed by atoms with Crippen LogP contribution in [0.15, 0.2) is 23.8 Å². The summed E-state index contributed by atoms with van der Waals surface area (Å²) in [4.78, 5) is 12.1. The predicted octanol–water partition coefficient (Wildman–Crippen LogP) is 6.49. The van der Waals surface area contributed by atoms with Gasteiger partial charge in [0.2, 0.25) is 0 Å². The lowest BCUT2D eigenvalue weighted by molar-refractivity contribution is -0.118. The number of aliphatic hydroxyl groups excluding tert-OH is 1. The van der Waals surface area contributed by atoms with Gasteiger partial charge in [-0.05, 0) is 117 Å². The Bertz CT molecular complexity index is 750. The molecule has 0 amide bonds. The minimum Gasteiger partial charge on any atom is -0.393 e. The fraction of sp³-hybridized carbons (Fsp3) is 0.821. The highest BCUT2D eigenvalue weighted by Gasteiger charge is 2.60. The lowest BCUT2D eigenvalue weighted by atomic mass is 9.46. The van der Waals surface area contributed by atoms with Crippen LogP contribution in [-0.2, 0) is 4.79 Å². The minimum atomic E-state index is -0.143. The van der Waals surface area contributed by atoms with Crippen molar-refractivity contribution in [1.29, 1.82) is 0 Å². The van der Waals surface area contributed by atoms with E-state index in [1.54, 1.807) is 0 Å². The molecule has 0 bridgehead atoms. The molecule has 0 aromatic heterocycles. The van der Waals surface area contributed by atoms with Gasteiger partial charge in [-0.3, -0.25) is 4.79 Å². The molecule has 0 aromatic carbocycles. The van der Waals surface area contributed by atoms with E-state index in [1.165, 1.54) is 37.7 Å². The third-order valence-corrected chi connectivity index (χ3v) is 11.0. The average Bonchev–Trinajstić information content (AvgIpc) is 3.11. The second kappa shape index (κ2) is 7.61. The first kappa shape index (κ1) is 21.0. The van der Waals surface area contributed by atoms with Crippen molar-refractivity contribution < 1.29 is 9.90 Å². The Labute approximate surface area is 183 Å². The Morgan fingerprint density at radius 1 is 1.00 bits per heavy atom. The molecule has 0 heterocycles. The second-order valence-corrected chi connectivity index (χ2v) is 12.1. The van der Waals surface area contributed by atoms with Gasteiger partial charge in [0.05, 0.1) is 6.10 Å². The van der Waals surface area contributed by atoms with E-state index in [4.69, 9.17) is 0 Å². The third kappa shape index (κ3) is 3.11. The molecule has 2 unspecified atom stereocenters. The Kier molecular flexibility index (Phi) is 5.32. The summed E-state index contributed by atoms with van der Waals surface area (Å²) in [6.45, 7) is 7.44. The normalized spacial score (nSPS) is 47.7. The highest BCUT2D eigenvalue weighted by atomic mass is 16.3. The first-order valence-electron chi connectivity index (χ1n) is 12.9. The lowest BCUT2D eigenvalue weighted by Crippen LogP contribution is -2.51. The van der Waals surface area contributed by atoms with E-state index in [0.717, 1.165) is 56.3 Å². The van der Waals surface area contributed by atoms with E-state index in [-0.39, 0.29) is 11.5 Å². The standard InChI is InChI=1S/C28H42O2/c1-18(26(30)19-7-5-4-6-8-19)23-11-12-24-22-10-9-20-17-21(29)13-15-27(20,2)25(22)14-16-28(23,24)3/h4-5,17-19,22-26,30H,6-16H2,1-3H3/t18-,19?,22-,23?,24-,25-,26+,27-,28+/m0/s1. The van der Waals surface area contributed by atoms with Crippen molar-refractivity contribution in [2.75, 3.05) is 0 Å². The molecule has 2 heteroatoms. The Morgan fingerprint density at radius 3 is 2.60 bits per heavy atom. The van der Waals surface area contributed by atoms with Gasteiger partial charge >= 0.3 is 0 Å². The molecule has 1 N–H and O–H groups in total. The minimum absolute atomic E-state index is 0.143. The average molecular weight is 411 g/mol. The van der Waals surface area contributed by atoms with Crippen LogP contribution in [0.1, 0.15) is 91.4 Å². The van der Waals surface area contributed by atoms with Crippen LogP contribution >= 0.6 is 0 Å². The van der Waals surface area contributed by atoms with Crippen LogP contribution in [0.25, 0.3) is 0 Å². The van der Waals surface area contributed by atoms with Crippen molar-refractivity contribution in [3.05, 3.63) is 23.8 Å². The Balaban J connectivity index is 1.36. The highest BCUT2D eigenvalue weighted by Crippen LogP contribution is 2.67. The van der Waals surface area contributed by atoms with E-state index in [1.807, 2.05) is 6.08 Å². The van der Waals surface area contributed by atoms with Gasteiger partial charge < -0.3 is 5.11 Å². The molecule has 2 nitrogen and oxygen atoms in total. The van der Waals surface area contributed by atoms with Gasteiger partial charge in [-0.15, -0.1) is 0 Å². The van der Waals surface area contributed by atoms with Crippen molar-refractivity contribution in [1.82, 2.24) is 0 Å². The van der Waals surface area contributed by atoms with Crippen molar-refractivity contribution in [3.8, 4) is 0 Å². The molecule has 5 rings (SSSR count). The van der Waals surface area contributed by atoms with Crippen LogP contribution in [0.5, 0.6) is 0 Å². The van der Waals surface area contributed by atoms with Gasteiger partial charge in [0.25, 0.3) is 0 Å². The van der Waals surface area contributed by atoms with Gasteiger partial charge in [0.15, 0.2) is 5.78 Å². The molecule has 5 aliphatic rings. The van der Waals surface area contributed by atoms with Gasteiger partial charge in [0.1, 0.15) is 0 Å². The third-order valence-electron chi connectivity index (χ3n) is 11.0. The maximum absolute atomic E-state index is 12.1. The van der Waals surface area contributed by atoms with Gasteiger partial charge in [0, 0.05) is 6.42 Å². The van der Waals surface area contributed by atoms with Crippen LogP contribution in [0.4, 0.5) is 0 Å². The van der Waals surface area contributed by atoms with E-state index in [0.29, 0.717) is 29.0 Å². The fourth-order valence-electron chi connectivity index (χ4n) is 9.26. The number of carbonyl (C=O) groups is 1. The summed E-state index contributed by atoms with van der Waals surface area (Å²) in [5.41, 5.74) is 2.15. The van der Waals surface area contributed by atoms with Gasteiger partial charge in [-0.25, -0.2) is 0 Å². The topological polar surface area (TPSA) is 37.3 Å². The number of rotatable bonds is 3. The molecule has 166 valence electrons. The van der Waals surface area contributed by atoms with Gasteiger partial charge in [-0.2, -0.15) is 0 Å². The quantitative estimate of drug-likeness (QED) is 0.540. The fourth-order valence-corrected chi connectivity index (χ4v) is 9.26.